The summed E-state index contributed by atoms with van der Waals surface area (Å²) in [5, 5.41) is 8.73. The first-order valence-electron chi connectivity index (χ1n) is 9.79. The number of carbonyl (C=O) groups is 2. The summed E-state index contributed by atoms with van der Waals surface area (Å²) in [4.78, 5) is 26.0. The van der Waals surface area contributed by atoms with Crippen LogP contribution in [0.15, 0.2) is 35.9 Å². The summed E-state index contributed by atoms with van der Waals surface area (Å²) in [6, 6.07) is 5.35. The molecule has 0 spiro atoms. The third-order valence-electron chi connectivity index (χ3n) is 4.74. The first kappa shape index (κ1) is 16.8. The molecule has 142 valence electrons. The van der Waals surface area contributed by atoms with Gasteiger partial charge in [0.25, 0.3) is 0 Å². The van der Waals surface area contributed by atoms with Crippen molar-refractivity contribution < 1.29 is 23.2 Å². The fourth-order valence-corrected chi connectivity index (χ4v) is 3.87. The molecule has 0 radical (unpaired) electrons. The minimum Gasteiger partial charge on any atom is -0.478 e. The van der Waals surface area contributed by atoms with Crippen molar-refractivity contribution in [2.75, 3.05) is 19.3 Å². The van der Waals surface area contributed by atoms with Crippen LogP contribution in [0.25, 0.3) is 0 Å². The Hall–Kier alpha value is -1.37. The first-order chi connectivity index (χ1) is 13.2. The van der Waals surface area contributed by atoms with Gasteiger partial charge in [0.05, 0.1) is 6.04 Å². The van der Waals surface area contributed by atoms with E-state index >= 15 is 0 Å². The number of carbonyl (C=O) groups excluding carboxylic acids is 1. The van der Waals surface area contributed by atoms with Gasteiger partial charge in [0.2, 0.25) is 0 Å². The Morgan fingerprint density at radius 1 is 1.38 bits per heavy atom. The van der Waals surface area contributed by atoms with Crippen LogP contribution in [-0.2, 0) is 9.59 Å². The molecule has 1 saturated heterocycles. The maximum atomic E-state index is 14.5. The van der Waals surface area contributed by atoms with Crippen molar-refractivity contribution in [2.24, 2.45) is 5.92 Å². The molecule has 1 aliphatic heterocycles. The van der Waals surface area contributed by atoms with Gasteiger partial charge in [-0.05, 0) is 37.1 Å². The van der Waals surface area contributed by atoms with Gasteiger partial charge >= 0.3 is 5.97 Å². The Balaban J connectivity index is 0.00000300. The number of Topliss-reactive ketones (excluding diaryl/α,β-unsaturated/α-hetero) is 1. The molecular formula is C19H23ClFNO3S. The zero-order valence-corrected chi connectivity index (χ0v) is 15.7. The van der Waals surface area contributed by atoms with Crippen molar-refractivity contribution in [2.45, 2.75) is 30.6 Å². The van der Waals surface area contributed by atoms with Crippen LogP contribution < -0.4 is 0 Å². The number of ketones is 1. The lowest BCUT2D eigenvalue weighted by molar-refractivity contribution is -0.131. The van der Waals surface area contributed by atoms with Crippen LogP contribution in [0.3, 0.4) is 0 Å². The highest BCUT2D eigenvalue weighted by Gasteiger charge is 2.41. The van der Waals surface area contributed by atoms with Gasteiger partial charge in [-0.3, -0.25) is 9.69 Å². The zero-order chi connectivity index (χ0) is 20.5. The maximum absolute atomic E-state index is 14.5. The molecule has 1 heterocycles. The molecule has 3 rings (SSSR count). The fraction of sp³-hybridized carbons (Fsp3) is 0.474. The Bertz CT molecular complexity index is 801. The van der Waals surface area contributed by atoms with Gasteiger partial charge in [0.15, 0.2) is 5.78 Å². The fourth-order valence-electron chi connectivity index (χ4n) is 3.35. The number of carboxylic acid groups (broad SMARTS) is 1. The molecule has 0 bridgehead atoms. The number of thioether (sulfide) groups is 1. The van der Waals surface area contributed by atoms with E-state index in [9.17, 15) is 19.1 Å². The van der Waals surface area contributed by atoms with Gasteiger partial charge in [0, 0.05) is 40.0 Å². The van der Waals surface area contributed by atoms with Crippen LogP contribution in [0.5, 0.6) is 0 Å². The summed E-state index contributed by atoms with van der Waals surface area (Å²) >= 11 is 0.750. The second-order valence-corrected chi connectivity index (χ2v) is 7.33. The molecule has 1 aliphatic carbocycles. The standard InChI is InChI=1S/C19H22FNO3S.ClH/c1-25-16-8-9-21(11-13(16)10-17(22)23)18(19(24)12-6-7-12)14-4-2-3-5-15(14)20;/h2-5,10,12,16,18H,6-9,11H2,1H3,(H,22,23);1H/b13-10+;/i1+1D3;. The van der Waals surface area contributed by atoms with Crippen molar-refractivity contribution in [3.63, 3.8) is 0 Å². The lowest BCUT2D eigenvalue weighted by Gasteiger charge is -2.38. The SMILES string of the molecule is Cl.[2H][13C]([2H])([2H])SC1CCN(C(C(=O)C2CC2)c2ccccc2F)C/C1=C\C(=O)O. The molecule has 0 aromatic heterocycles. The van der Waals surface area contributed by atoms with Gasteiger partial charge in [0.1, 0.15) is 5.82 Å². The molecular weight excluding hydrogens is 378 g/mol. The number of nitrogens with zero attached hydrogens (tertiary/aromatic N) is 1. The van der Waals surface area contributed by atoms with E-state index in [1.165, 1.54) is 6.07 Å². The Morgan fingerprint density at radius 2 is 2.12 bits per heavy atom. The molecule has 1 saturated carbocycles. The monoisotopic (exact) mass is 403 g/mol. The molecule has 1 aromatic carbocycles. The van der Waals surface area contributed by atoms with Crippen LogP contribution in [-0.4, -0.2) is 46.3 Å². The Labute approximate surface area is 167 Å². The zero-order valence-electron chi connectivity index (χ0n) is 17.1. The summed E-state index contributed by atoms with van der Waals surface area (Å²) in [7, 11) is 0. The number of likely N-dealkylation sites (tertiary alicyclic amines) is 1. The largest absolute Gasteiger partial charge is 0.478 e. The summed E-state index contributed by atoms with van der Waals surface area (Å²) in [5.41, 5.74) is 0.723. The third kappa shape index (κ3) is 4.67. The van der Waals surface area contributed by atoms with E-state index in [1.54, 1.807) is 23.1 Å². The third-order valence-corrected chi connectivity index (χ3v) is 5.57. The van der Waals surface area contributed by atoms with E-state index in [2.05, 4.69) is 0 Å². The highest BCUT2D eigenvalue weighted by atomic mass is 35.5. The predicted octanol–water partition coefficient (Wildman–Crippen LogP) is 3.72. The lowest BCUT2D eigenvalue weighted by atomic mass is 9.93. The van der Waals surface area contributed by atoms with E-state index in [0.29, 0.717) is 18.5 Å². The average Bonchev–Trinajstić information content (AvgIpc) is 3.42. The quantitative estimate of drug-likeness (QED) is 0.579. The molecule has 26 heavy (non-hydrogen) atoms. The second kappa shape index (κ2) is 9.02. The summed E-state index contributed by atoms with van der Waals surface area (Å²) in [6.45, 7) is 0.514. The van der Waals surface area contributed by atoms with Crippen molar-refractivity contribution in [3.8, 4) is 0 Å². The van der Waals surface area contributed by atoms with Crippen LogP contribution >= 0.6 is 24.2 Å². The number of hydrogen-bond acceptors (Lipinski definition) is 4. The van der Waals surface area contributed by atoms with Crippen molar-refractivity contribution in [1.82, 2.24) is 4.90 Å². The molecule has 2 aliphatic rings. The van der Waals surface area contributed by atoms with Crippen molar-refractivity contribution >= 4 is 35.9 Å². The number of piperidine rings is 1. The maximum Gasteiger partial charge on any atom is 0.328 e. The molecule has 4 nitrogen and oxygen atoms in total. The van der Waals surface area contributed by atoms with Crippen LogP contribution in [0.4, 0.5) is 4.39 Å². The molecule has 7 heteroatoms. The van der Waals surface area contributed by atoms with Gasteiger partial charge in [-0.1, -0.05) is 18.2 Å². The number of rotatable bonds is 6. The first-order valence-corrected chi connectivity index (χ1v) is 9.17. The smallest absolute Gasteiger partial charge is 0.328 e. The Morgan fingerprint density at radius 3 is 2.73 bits per heavy atom. The summed E-state index contributed by atoms with van der Waals surface area (Å²) in [5.74, 6) is -1.78. The number of aliphatic carboxylic acids is 1. The van der Waals surface area contributed by atoms with Gasteiger partial charge < -0.3 is 5.11 Å². The van der Waals surface area contributed by atoms with E-state index in [4.69, 9.17) is 4.11 Å². The molecule has 1 aromatic rings. The number of halogens is 2. The van der Waals surface area contributed by atoms with Crippen LogP contribution in [0.1, 0.15) is 35.0 Å². The predicted molar refractivity (Wildman–Crippen MR) is 103 cm³/mol. The molecule has 0 amide bonds. The number of hydrogen-bond donors (Lipinski definition) is 1. The van der Waals surface area contributed by atoms with E-state index < -0.39 is 29.3 Å². The van der Waals surface area contributed by atoms with Crippen LogP contribution in [0, 0.1) is 11.7 Å². The number of benzene rings is 1. The van der Waals surface area contributed by atoms with Crippen LogP contribution in [0.2, 0.25) is 0 Å². The summed E-state index contributed by atoms with van der Waals surface area (Å²) in [6.07, 6.45) is 0.722. The van der Waals surface area contributed by atoms with Crippen molar-refractivity contribution in [3.05, 3.63) is 47.3 Å². The average molecular weight is 404 g/mol. The molecule has 2 atom stereocenters. The van der Waals surface area contributed by atoms with E-state index in [0.717, 1.165) is 30.7 Å². The normalized spacial score (nSPS) is 25.5. The highest BCUT2D eigenvalue weighted by molar-refractivity contribution is 7.99. The summed E-state index contributed by atoms with van der Waals surface area (Å²) < 4.78 is 36.9. The highest BCUT2D eigenvalue weighted by Crippen LogP contribution is 2.40. The minimum absolute atomic E-state index is 0. The van der Waals surface area contributed by atoms with Gasteiger partial charge in [-0.2, -0.15) is 11.8 Å². The molecule has 2 unspecified atom stereocenters. The van der Waals surface area contributed by atoms with Crippen molar-refractivity contribution in [1.29, 1.82) is 0 Å². The Kier molecular flexibility index (Phi) is 5.82. The number of carboxylic acids is 1. The molecule has 2 fully saturated rings. The molecule has 1 N–H and O–H groups in total. The van der Waals surface area contributed by atoms with Gasteiger partial charge in [-0.15, -0.1) is 12.4 Å². The topological polar surface area (TPSA) is 57.6 Å². The second-order valence-electron chi connectivity index (χ2n) is 6.52. The van der Waals surface area contributed by atoms with E-state index in [1.807, 2.05) is 0 Å². The van der Waals surface area contributed by atoms with E-state index in [-0.39, 0.29) is 36.2 Å². The minimum atomic E-state index is -2.25. The lowest BCUT2D eigenvalue weighted by Crippen LogP contribution is -2.43. The van der Waals surface area contributed by atoms with Gasteiger partial charge in [-0.25, -0.2) is 9.18 Å².